The summed E-state index contributed by atoms with van der Waals surface area (Å²) in [4.78, 5) is 23.0. The van der Waals surface area contributed by atoms with Crippen molar-refractivity contribution in [2.45, 2.75) is 65.7 Å². The molecule has 0 spiro atoms. The number of amides is 1. The van der Waals surface area contributed by atoms with Crippen LogP contribution in [0.25, 0.3) is 0 Å². The highest BCUT2D eigenvalue weighted by molar-refractivity contribution is 6.04. The number of carbonyl (C=O) groups excluding carboxylic acids is 2. The van der Waals surface area contributed by atoms with Crippen LogP contribution in [0.2, 0.25) is 0 Å². The van der Waals surface area contributed by atoms with Gasteiger partial charge in [0.05, 0.1) is 6.42 Å². The lowest BCUT2D eigenvalue weighted by Gasteiger charge is -2.32. The lowest BCUT2D eigenvalue weighted by molar-refractivity contribution is -0.124. The SMILES string of the molecule is CC(=O)CC(=O)Nc1cccc(C(C)(C)C)c1C(C)(C)C. The molecule has 1 rings (SSSR count). The minimum atomic E-state index is -0.251. The normalized spacial score (nSPS) is 12.1. The Bertz CT molecular complexity index is 545. The molecule has 116 valence electrons. The summed E-state index contributed by atoms with van der Waals surface area (Å²) in [5.41, 5.74) is 3.05. The Balaban J connectivity index is 3.33. The van der Waals surface area contributed by atoms with Gasteiger partial charge in [-0.1, -0.05) is 53.7 Å². The Morgan fingerprint density at radius 2 is 1.57 bits per heavy atom. The van der Waals surface area contributed by atoms with Gasteiger partial charge in [0.2, 0.25) is 5.91 Å². The second-order valence-corrected chi connectivity index (χ2v) is 7.66. The molecule has 1 aromatic rings. The van der Waals surface area contributed by atoms with Crippen molar-refractivity contribution in [1.82, 2.24) is 0 Å². The summed E-state index contributed by atoms with van der Waals surface area (Å²) in [7, 11) is 0. The molecule has 0 aromatic heterocycles. The highest BCUT2D eigenvalue weighted by Crippen LogP contribution is 2.38. The average Bonchev–Trinajstić information content (AvgIpc) is 2.24. The molecule has 0 bridgehead atoms. The monoisotopic (exact) mass is 289 g/mol. The highest BCUT2D eigenvalue weighted by Gasteiger charge is 2.28. The van der Waals surface area contributed by atoms with Gasteiger partial charge in [0.15, 0.2) is 0 Å². The van der Waals surface area contributed by atoms with E-state index in [2.05, 4.69) is 52.9 Å². The maximum Gasteiger partial charge on any atom is 0.231 e. The Morgan fingerprint density at radius 1 is 1.00 bits per heavy atom. The molecule has 1 aromatic carbocycles. The van der Waals surface area contributed by atoms with Gasteiger partial charge < -0.3 is 5.32 Å². The van der Waals surface area contributed by atoms with E-state index in [1.807, 2.05) is 12.1 Å². The van der Waals surface area contributed by atoms with Gasteiger partial charge in [-0.15, -0.1) is 0 Å². The van der Waals surface area contributed by atoms with Crippen LogP contribution in [0, 0.1) is 0 Å². The van der Waals surface area contributed by atoms with E-state index in [1.54, 1.807) is 0 Å². The lowest BCUT2D eigenvalue weighted by atomic mass is 9.74. The first-order chi connectivity index (χ1) is 9.43. The molecule has 0 aliphatic carbocycles. The topological polar surface area (TPSA) is 46.2 Å². The van der Waals surface area contributed by atoms with Crippen molar-refractivity contribution < 1.29 is 9.59 Å². The van der Waals surface area contributed by atoms with Crippen molar-refractivity contribution in [3.8, 4) is 0 Å². The summed E-state index contributed by atoms with van der Waals surface area (Å²) >= 11 is 0. The van der Waals surface area contributed by atoms with Crippen molar-refractivity contribution in [3.63, 3.8) is 0 Å². The molecule has 0 heterocycles. The van der Waals surface area contributed by atoms with Crippen molar-refractivity contribution >= 4 is 17.4 Å². The van der Waals surface area contributed by atoms with E-state index >= 15 is 0 Å². The summed E-state index contributed by atoms with van der Waals surface area (Å²) in [5, 5.41) is 2.90. The van der Waals surface area contributed by atoms with E-state index in [0.717, 1.165) is 11.3 Å². The zero-order valence-electron chi connectivity index (χ0n) is 14.3. The standard InChI is InChI=1S/C18H27NO2/c1-12(20)11-15(21)19-14-10-8-9-13(17(2,3)4)16(14)18(5,6)7/h8-10H,11H2,1-7H3,(H,19,21). The summed E-state index contributed by atoms with van der Waals surface area (Å²) in [6.07, 6.45) is -0.0800. The van der Waals surface area contributed by atoms with Gasteiger partial charge >= 0.3 is 0 Å². The molecule has 0 unspecified atom stereocenters. The first-order valence-corrected chi connectivity index (χ1v) is 7.36. The number of rotatable bonds is 3. The maximum absolute atomic E-state index is 11.9. The van der Waals surface area contributed by atoms with Crippen LogP contribution in [0.15, 0.2) is 18.2 Å². The predicted octanol–water partition coefficient (Wildman–Crippen LogP) is 4.20. The van der Waals surface area contributed by atoms with Crippen molar-refractivity contribution in [3.05, 3.63) is 29.3 Å². The Labute approximate surface area is 128 Å². The first-order valence-electron chi connectivity index (χ1n) is 7.36. The van der Waals surface area contributed by atoms with E-state index in [4.69, 9.17) is 0 Å². The zero-order valence-corrected chi connectivity index (χ0v) is 14.3. The third-order valence-electron chi connectivity index (χ3n) is 3.31. The number of Topliss-reactive ketones (excluding diaryl/α,β-unsaturated/α-hetero) is 1. The smallest absolute Gasteiger partial charge is 0.231 e. The molecule has 3 nitrogen and oxygen atoms in total. The molecule has 0 atom stereocenters. The molecule has 0 radical (unpaired) electrons. The molecule has 0 fully saturated rings. The average molecular weight is 289 g/mol. The van der Waals surface area contributed by atoms with Gasteiger partial charge in [0.1, 0.15) is 5.78 Å². The molecular weight excluding hydrogens is 262 g/mol. The molecule has 0 aliphatic heterocycles. The van der Waals surface area contributed by atoms with Crippen LogP contribution in [0.4, 0.5) is 5.69 Å². The van der Waals surface area contributed by atoms with Crippen LogP contribution in [0.5, 0.6) is 0 Å². The number of anilines is 1. The predicted molar refractivity (Wildman–Crippen MR) is 87.8 cm³/mol. The third kappa shape index (κ3) is 4.69. The van der Waals surface area contributed by atoms with E-state index in [9.17, 15) is 9.59 Å². The third-order valence-corrected chi connectivity index (χ3v) is 3.31. The fraction of sp³-hybridized carbons (Fsp3) is 0.556. The fourth-order valence-corrected chi connectivity index (χ4v) is 2.51. The molecule has 0 saturated heterocycles. The Kier molecular flexibility index (Phi) is 4.98. The highest BCUT2D eigenvalue weighted by atomic mass is 16.2. The molecular formula is C18H27NO2. The zero-order chi connectivity index (χ0) is 16.4. The van der Waals surface area contributed by atoms with Crippen LogP contribution in [0.1, 0.15) is 66.0 Å². The van der Waals surface area contributed by atoms with Gasteiger partial charge in [-0.3, -0.25) is 9.59 Å². The van der Waals surface area contributed by atoms with Gasteiger partial charge in [-0.05, 0) is 34.9 Å². The van der Waals surface area contributed by atoms with E-state index in [0.29, 0.717) is 0 Å². The summed E-state index contributed by atoms with van der Waals surface area (Å²) in [5.74, 6) is -0.379. The molecule has 1 N–H and O–H groups in total. The van der Waals surface area contributed by atoms with Crippen LogP contribution in [0.3, 0.4) is 0 Å². The molecule has 0 saturated carbocycles. The van der Waals surface area contributed by atoms with E-state index < -0.39 is 0 Å². The summed E-state index contributed by atoms with van der Waals surface area (Å²) < 4.78 is 0. The molecule has 3 heteroatoms. The lowest BCUT2D eigenvalue weighted by Crippen LogP contribution is -2.25. The number of carbonyl (C=O) groups is 2. The van der Waals surface area contributed by atoms with E-state index in [1.165, 1.54) is 12.5 Å². The second kappa shape index (κ2) is 6.00. The quantitative estimate of drug-likeness (QED) is 0.848. The fourth-order valence-electron chi connectivity index (χ4n) is 2.51. The summed E-state index contributed by atoms with van der Waals surface area (Å²) in [6, 6.07) is 5.98. The van der Waals surface area contributed by atoms with Crippen LogP contribution in [-0.4, -0.2) is 11.7 Å². The number of nitrogens with one attached hydrogen (secondary N) is 1. The maximum atomic E-state index is 11.9. The number of hydrogen-bond acceptors (Lipinski definition) is 2. The van der Waals surface area contributed by atoms with Gasteiger partial charge in [0, 0.05) is 5.69 Å². The largest absolute Gasteiger partial charge is 0.325 e. The van der Waals surface area contributed by atoms with Crippen LogP contribution >= 0.6 is 0 Å². The minimum absolute atomic E-state index is 0.00999. The van der Waals surface area contributed by atoms with Gasteiger partial charge in [0.25, 0.3) is 0 Å². The minimum Gasteiger partial charge on any atom is -0.325 e. The molecule has 0 aliphatic rings. The van der Waals surface area contributed by atoms with Crippen LogP contribution < -0.4 is 5.32 Å². The Morgan fingerprint density at radius 3 is 2.00 bits per heavy atom. The van der Waals surface area contributed by atoms with Gasteiger partial charge in [-0.25, -0.2) is 0 Å². The van der Waals surface area contributed by atoms with Crippen molar-refractivity contribution in [2.75, 3.05) is 5.32 Å². The number of ketones is 1. The summed E-state index contributed by atoms with van der Waals surface area (Å²) in [6.45, 7) is 14.3. The van der Waals surface area contributed by atoms with Crippen LogP contribution in [-0.2, 0) is 20.4 Å². The first kappa shape index (κ1) is 17.4. The second-order valence-electron chi connectivity index (χ2n) is 7.66. The molecule has 1 amide bonds. The number of hydrogen-bond donors (Lipinski definition) is 1. The van der Waals surface area contributed by atoms with Gasteiger partial charge in [-0.2, -0.15) is 0 Å². The van der Waals surface area contributed by atoms with Crippen molar-refractivity contribution in [2.24, 2.45) is 0 Å². The van der Waals surface area contributed by atoms with Crippen molar-refractivity contribution in [1.29, 1.82) is 0 Å². The Hall–Kier alpha value is -1.64. The molecule has 21 heavy (non-hydrogen) atoms. The number of benzene rings is 1. The van der Waals surface area contributed by atoms with E-state index in [-0.39, 0.29) is 28.9 Å².